The van der Waals surface area contributed by atoms with E-state index in [0.717, 1.165) is 19.4 Å². The van der Waals surface area contributed by atoms with Crippen molar-refractivity contribution in [2.24, 2.45) is 5.92 Å². The van der Waals surface area contributed by atoms with Gasteiger partial charge in [-0.25, -0.2) is 0 Å². The van der Waals surface area contributed by atoms with E-state index in [9.17, 15) is 4.79 Å². The summed E-state index contributed by atoms with van der Waals surface area (Å²) in [6, 6.07) is 0. The average Bonchev–Trinajstić information content (AvgIpc) is 2.36. The summed E-state index contributed by atoms with van der Waals surface area (Å²) in [5.74, 6) is 0.881. The third-order valence-corrected chi connectivity index (χ3v) is 2.98. The molecular weight excluding hydrogens is 174 g/mol. The van der Waals surface area contributed by atoms with Gasteiger partial charge in [0.05, 0.1) is 0 Å². The third kappa shape index (κ3) is 3.17. The molecule has 0 spiro atoms. The second-order valence-corrected chi connectivity index (χ2v) is 4.12. The molecule has 1 rings (SSSR count). The normalized spacial score (nSPS) is 23.4. The lowest BCUT2D eigenvalue weighted by molar-refractivity contribution is -0.128. The fourth-order valence-electron chi connectivity index (χ4n) is 2.07. The first-order chi connectivity index (χ1) is 6.77. The molecule has 2 heteroatoms. The number of amides is 1. The van der Waals surface area contributed by atoms with E-state index in [2.05, 4.69) is 13.5 Å². The minimum atomic E-state index is 0.263. The number of unbranched alkanes of at least 4 members (excludes halogenated alkanes) is 1. The molecule has 1 unspecified atom stereocenters. The van der Waals surface area contributed by atoms with Gasteiger partial charge in [-0.05, 0) is 31.4 Å². The Bertz CT molecular complexity index is 200. The number of hydrogen-bond acceptors (Lipinski definition) is 1. The van der Waals surface area contributed by atoms with Gasteiger partial charge >= 0.3 is 0 Å². The highest BCUT2D eigenvalue weighted by atomic mass is 16.2. The molecule has 14 heavy (non-hydrogen) atoms. The number of hydrogen-bond donors (Lipinski definition) is 0. The highest BCUT2D eigenvalue weighted by molar-refractivity contribution is 5.77. The van der Waals surface area contributed by atoms with Crippen LogP contribution in [-0.2, 0) is 4.79 Å². The Morgan fingerprint density at radius 3 is 3.07 bits per heavy atom. The molecule has 1 heterocycles. The van der Waals surface area contributed by atoms with Gasteiger partial charge < -0.3 is 4.90 Å². The lowest BCUT2D eigenvalue weighted by Gasteiger charge is -2.15. The van der Waals surface area contributed by atoms with Crippen molar-refractivity contribution in [2.45, 2.75) is 45.4 Å². The van der Waals surface area contributed by atoms with E-state index in [0.29, 0.717) is 5.92 Å². The van der Waals surface area contributed by atoms with Gasteiger partial charge in [-0.15, -0.1) is 0 Å². The molecule has 0 aromatic heterocycles. The number of likely N-dealkylation sites (tertiary alicyclic amines) is 1. The van der Waals surface area contributed by atoms with Crippen molar-refractivity contribution in [2.75, 3.05) is 6.54 Å². The largest absolute Gasteiger partial charge is 0.320 e. The molecule has 1 atom stereocenters. The smallest absolute Gasteiger partial charge is 0.226 e. The standard InChI is InChI=1S/C12H21NO/c1-3-5-7-11-8-6-9-13(4-2)12(14)10-11/h4,11H,2-3,5-10H2,1H3. The molecule has 1 amide bonds. The van der Waals surface area contributed by atoms with Crippen LogP contribution in [0.15, 0.2) is 12.8 Å². The molecular formula is C12H21NO. The first kappa shape index (κ1) is 11.3. The van der Waals surface area contributed by atoms with Crippen LogP contribution in [-0.4, -0.2) is 17.4 Å². The average molecular weight is 195 g/mol. The van der Waals surface area contributed by atoms with Gasteiger partial charge in [0.1, 0.15) is 0 Å². The van der Waals surface area contributed by atoms with Crippen LogP contribution in [0.4, 0.5) is 0 Å². The lowest BCUT2D eigenvalue weighted by Crippen LogP contribution is -2.24. The fraction of sp³-hybridized carbons (Fsp3) is 0.750. The Balaban J connectivity index is 2.42. The van der Waals surface area contributed by atoms with E-state index >= 15 is 0 Å². The van der Waals surface area contributed by atoms with Crippen LogP contribution in [0.5, 0.6) is 0 Å². The second kappa shape index (κ2) is 5.84. The molecule has 0 N–H and O–H groups in total. The maximum Gasteiger partial charge on any atom is 0.226 e. The maximum absolute atomic E-state index is 11.7. The molecule has 1 aliphatic rings. The van der Waals surface area contributed by atoms with Gasteiger partial charge in [0.25, 0.3) is 0 Å². The first-order valence-electron chi connectivity index (χ1n) is 5.70. The molecule has 2 nitrogen and oxygen atoms in total. The molecule has 1 fully saturated rings. The summed E-state index contributed by atoms with van der Waals surface area (Å²) in [5, 5.41) is 0. The van der Waals surface area contributed by atoms with Gasteiger partial charge in [-0.1, -0.05) is 26.3 Å². The Labute approximate surface area is 87.0 Å². The number of rotatable bonds is 4. The van der Waals surface area contributed by atoms with Crippen LogP contribution in [0.1, 0.15) is 45.4 Å². The first-order valence-corrected chi connectivity index (χ1v) is 5.70. The van der Waals surface area contributed by atoms with Crippen LogP contribution >= 0.6 is 0 Å². The molecule has 0 aliphatic carbocycles. The lowest BCUT2D eigenvalue weighted by atomic mass is 9.94. The van der Waals surface area contributed by atoms with E-state index in [1.54, 1.807) is 11.1 Å². The zero-order chi connectivity index (χ0) is 10.4. The van der Waals surface area contributed by atoms with E-state index in [-0.39, 0.29) is 5.91 Å². The van der Waals surface area contributed by atoms with Crippen molar-refractivity contribution in [3.05, 3.63) is 12.8 Å². The zero-order valence-corrected chi connectivity index (χ0v) is 9.17. The molecule has 0 radical (unpaired) electrons. The molecule has 1 aliphatic heterocycles. The topological polar surface area (TPSA) is 20.3 Å². The van der Waals surface area contributed by atoms with Gasteiger partial charge in [0.2, 0.25) is 5.91 Å². The summed E-state index contributed by atoms with van der Waals surface area (Å²) < 4.78 is 0. The Kier molecular flexibility index (Phi) is 4.71. The van der Waals surface area contributed by atoms with Crippen molar-refractivity contribution in [3.63, 3.8) is 0 Å². The molecule has 0 saturated carbocycles. The number of carbonyl (C=O) groups excluding carboxylic acids is 1. The summed E-state index contributed by atoms with van der Waals surface area (Å²) >= 11 is 0. The predicted molar refractivity (Wildman–Crippen MR) is 58.8 cm³/mol. The number of nitrogens with zero attached hydrogens (tertiary/aromatic N) is 1. The number of carbonyl (C=O) groups is 1. The van der Waals surface area contributed by atoms with E-state index < -0.39 is 0 Å². The third-order valence-electron chi connectivity index (χ3n) is 2.98. The SMILES string of the molecule is C=CN1CCCC(CCCC)CC1=O. The monoisotopic (exact) mass is 195 g/mol. The maximum atomic E-state index is 11.7. The van der Waals surface area contributed by atoms with Gasteiger partial charge in [-0.3, -0.25) is 4.79 Å². The van der Waals surface area contributed by atoms with E-state index in [4.69, 9.17) is 0 Å². The van der Waals surface area contributed by atoms with Crippen molar-refractivity contribution < 1.29 is 4.79 Å². The molecule has 0 bridgehead atoms. The summed E-state index contributed by atoms with van der Waals surface area (Å²) in [6.45, 7) is 6.74. The van der Waals surface area contributed by atoms with Gasteiger partial charge in [0, 0.05) is 13.0 Å². The summed E-state index contributed by atoms with van der Waals surface area (Å²) in [4.78, 5) is 13.4. The van der Waals surface area contributed by atoms with Crippen LogP contribution in [0.25, 0.3) is 0 Å². The van der Waals surface area contributed by atoms with Crippen LogP contribution < -0.4 is 0 Å². The minimum Gasteiger partial charge on any atom is -0.320 e. The van der Waals surface area contributed by atoms with Gasteiger partial charge in [0.15, 0.2) is 0 Å². The Hall–Kier alpha value is -0.790. The summed E-state index contributed by atoms with van der Waals surface area (Å²) in [7, 11) is 0. The molecule has 80 valence electrons. The van der Waals surface area contributed by atoms with E-state index in [1.165, 1.54) is 25.7 Å². The highest BCUT2D eigenvalue weighted by Gasteiger charge is 2.21. The van der Waals surface area contributed by atoms with E-state index in [1.807, 2.05) is 0 Å². The Morgan fingerprint density at radius 2 is 2.43 bits per heavy atom. The van der Waals surface area contributed by atoms with Crippen molar-refractivity contribution >= 4 is 5.91 Å². The van der Waals surface area contributed by atoms with Crippen LogP contribution in [0.2, 0.25) is 0 Å². The minimum absolute atomic E-state index is 0.263. The summed E-state index contributed by atoms with van der Waals surface area (Å²) in [6.07, 6.45) is 8.44. The van der Waals surface area contributed by atoms with Crippen molar-refractivity contribution in [1.29, 1.82) is 0 Å². The summed E-state index contributed by atoms with van der Waals surface area (Å²) in [5.41, 5.74) is 0. The highest BCUT2D eigenvalue weighted by Crippen LogP contribution is 2.23. The molecule has 1 saturated heterocycles. The predicted octanol–water partition coefficient (Wildman–Crippen LogP) is 2.95. The zero-order valence-electron chi connectivity index (χ0n) is 9.17. The van der Waals surface area contributed by atoms with Gasteiger partial charge in [-0.2, -0.15) is 0 Å². The Morgan fingerprint density at radius 1 is 1.64 bits per heavy atom. The second-order valence-electron chi connectivity index (χ2n) is 4.12. The van der Waals surface area contributed by atoms with Crippen LogP contribution in [0, 0.1) is 5.92 Å². The fourth-order valence-corrected chi connectivity index (χ4v) is 2.07. The van der Waals surface area contributed by atoms with Crippen LogP contribution in [0.3, 0.4) is 0 Å². The quantitative estimate of drug-likeness (QED) is 0.675. The van der Waals surface area contributed by atoms with Crippen molar-refractivity contribution in [3.8, 4) is 0 Å². The molecule has 0 aromatic rings. The molecule has 0 aromatic carbocycles. The van der Waals surface area contributed by atoms with Crippen molar-refractivity contribution in [1.82, 2.24) is 4.90 Å².